The summed E-state index contributed by atoms with van der Waals surface area (Å²) in [6, 6.07) is 17.9. The number of imide groups is 1. The van der Waals surface area contributed by atoms with Crippen molar-refractivity contribution in [2.75, 3.05) is 17.6 Å². The number of anilines is 1. The molecule has 0 bridgehead atoms. The van der Waals surface area contributed by atoms with Crippen LogP contribution in [0.25, 0.3) is 10.8 Å². The average molecular weight is 535 g/mol. The average Bonchev–Trinajstić information content (AvgIpc) is 3.36. The van der Waals surface area contributed by atoms with Gasteiger partial charge in [0.15, 0.2) is 0 Å². The van der Waals surface area contributed by atoms with Gasteiger partial charge in [0, 0.05) is 40.2 Å². The van der Waals surface area contributed by atoms with Gasteiger partial charge in [-0.15, -0.1) is 10.2 Å². The van der Waals surface area contributed by atoms with Crippen LogP contribution in [0, 0.1) is 0 Å². The van der Waals surface area contributed by atoms with Crippen LogP contribution in [0.1, 0.15) is 45.9 Å². The largest absolute Gasteiger partial charge is 0.416 e. The van der Waals surface area contributed by atoms with E-state index in [9.17, 15) is 14.4 Å². The van der Waals surface area contributed by atoms with E-state index >= 15 is 0 Å². The zero-order valence-electron chi connectivity index (χ0n) is 19.8. The normalized spacial score (nSPS) is 12.8. The number of nitrogens with zero attached hydrogens (tertiary/aromatic N) is 3. The number of nitrogens with one attached hydrogen (secondary N) is 1. The second-order valence-electron chi connectivity index (χ2n) is 8.59. The van der Waals surface area contributed by atoms with E-state index in [1.54, 1.807) is 36.4 Å². The maximum Gasteiger partial charge on any atom is 0.277 e. The first-order valence-corrected chi connectivity index (χ1v) is 13.2. The van der Waals surface area contributed by atoms with Gasteiger partial charge in [-0.05, 0) is 54.6 Å². The number of rotatable bonds is 10. The summed E-state index contributed by atoms with van der Waals surface area (Å²) in [6.45, 7) is 0.357. The minimum atomic E-state index is -0.243. The van der Waals surface area contributed by atoms with Crippen LogP contribution < -0.4 is 5.32 Å². The fourth-order valence-electron chi connectivity index (χ4n) is 4.26. The number of amides is 3. The topological polar surface area (TPSA) is 105 Å². The lowest BCUT2D eigenvalue weighted by Gasteiger charge is -2.27. The van der Waals surface area contributed by atoms with Gasteiger partial charge in [-0.1, -0.05) is 54.0 Å². The molecule has 0 unspecified atom stereocenters. The molecule has 4 aromatic rings. The number of unbranched alkanes of at least 4 members (excludes halogenated alkanes) is 2. The zero-order chi connectivity index (χ0) is 25.8. The van der Waals surface area contributed by atoms with E-state index in [2.05, 4.69) is 15.5 Å². The number of aromatic nitrogens is 2. The van der Waals surface area contributed by atoms with Crippen molar-refractivity contribution >= 4 is 57.5 Å². The molecule has 0 aliphatic carbocycles. The lowest BCUT2D eigenvalue weighted by atomic mass is 9.94. The summed E-state index contributed by atoms with van der Waals surface area (Å²) in [4.78, 5) is 39.4. The predicted octanol–water partition coefficient (Wildman–Crippen LogP) is 5.62. The van der Waals surface area contributed by atoms with Crippen LogP contribution in [-0.4, -0.2) is 45.1 Å². The molecular weight excluding hydrogens is 512 g/mol. The predicted molar refractivity (Wildman–Crippen MR) is 142 cm³/mol. The Balaban J connectivity index is 1.05. The number of hydrogen-bond donors (Lipinski definition) is 1. The lowest BCUT2D eigenvalue weighted by Crippen LogP contribution is -2.40. The Bertz CT molecular complexity index is 1420. The molecule has 8 nitrogen and oxygen atoms in total. The maximum absolute atomic E-state index is 13.0. The highest BCUT2D eigenvalue weighted by Gasteiger charge is 2.32. The van der Waals surface area contributed by atoms with Gasteiger partial charge in [0.1, 0.15) is 0 Å². The standard InChI is InChI=1S/C27H23ClN4O4S/c28-18-11-13-19(14-12-18)29-22(33)16-37-27-31-30-23(36-27)10-2-1-3-15-32-25(34)20-8-4-6-17-7-5-9-21(24(17)20)26(32)35/h4-9,11-14H,1-3,10,15-16H2,(H,29,33). The molecule has 1 aliphatic heterocycles. The van der Waals surface area contributed by atoms with Crippen molar-refractivity contribution in [1.82, 2.24) is 15.1 Å². The van der Waals surface area contributed by atoms with Crippen molar-refractivity contribution in [1.29, 1.82) is 0 Å². The van der Waals surface area contributed by atoms with Crippen molar-refractivity contribution in [2.45, 2.75) is 30.9 Å². The van der Waals surface area contributed by atoms with E-state index in [0.29, 0.717) is 52.3 Å². The van der Waals surface area contributed by atoms with Gasteiger partial charge >= 0.3 is 0 Å². The number of hydrogen-bond acceptors (Lipinski definition) is 7. The first-order valence-electron chi connectivity index (χ1n) is 11.9. The summed E-state index contributed by atoms with van der Waals surface area (Å²) >= 11 is 7.02. The van der Waals surface area contributed by atoms with Crippen molar-refractivity contribution < 1.29 is 18.8 Å². The third-order valence-electron chi connectivity index (χ3n) is 6.03. The number of carbonyl (C=O) groups is 3. The first kappa shape index (κ1) is 25.0. The third-order valence-corrected chi connectivity index (χ3v) is 7.10. The number of carbonyl (C=O) groups excluding carboxylic acids is 3. The van der Waals surface area contributed by atoms with Gasteiger partial charge in [0.05, 0.1) is 5.75 Å². The van der Waals surface area contributed by atoms with E-state index < -0.39 is 0 Å². The molecule has 0 saturated carbocycles. The molecule has 0 saturated heterocycles. The Labute approximate surface area is 222 Å². The molecule has 1 aromatic heterocycles. The molecule has 0 radical (unpaired) electrons. The molecule has 2 heterocycles. The maximum atomic E-state index is 13.0. The van der Waals surface area contributed by atoms with Crippen molar-refractivity contribution in [2.24, 2.45) is 0 Å². The van der Waals surface area contributed by atoms with Gasteiger partial charge in [-0.2, -0.15) is 0 Å². The van der Waals surface area contributed by atoms with Gasteiger partial charge in [-0.25, -0.2) is 0 Å². The summed E-state index contributed by atoms with van der Waals surface area (Å²) in [5.41, 5.74) is 1.81. The summed E-state index contributed by atoms with van der Waals surface area (Å²) < 4.78 is 5.63. The number of benzene rings is 3. The smallest absolute Gasteiger partial charge is 0.277 e. The Morgan fingerprint density at radius 3 is 2.32 bits per heavy atom. The van der Waals surface area contributed by atoms with Gasteiger partial charge in [0.2, 0.25) is 11.8 Å². The zero-order valence-corrected chi connectivity index (χ0v) is 21.3. The summed E-state index contributed by atoms with van der Waals surface area (Å²) in [5.74, 6) is -0.0426. The number of aryl methyl sites for hydroxylation is 1. The summed E-state index contributed by atoms with van der Waals surface area (Å²) in [6.07, 6.45) is 2.81. The van der Waals surface area contributed by atoms with Crippen LogP contribution in [0.15, 0.2) is 70.3 Å². The fourth-order valence-corrected chi connectivity index (χ4v) is 4.97. The molecule has 3 aromatic carbocycles. The van der Waals surface area contributed by atoms with E-state index in [0.717, 1.165) is 23.6 Å². The molecule has 3 amide bonds. The van der Waals surface area contributed by atoms with Crippen molar-refractivity contribution in [3.05, 3.63) is 82.7 Å². The highest BCUT2D eigenvalue weighted by Crippen LogP contribution is 2.30. The second kappa shape index (κ2) is 11.1. The third kappa shape index (κ3) is 5.68. The van der Waals surface area contributed by atoms with Gasteiger partial charge in [0.25, 0.3) is 17.0 Å². The Morgan fingerprint density at radius 2 is 1.62 bits per heavy atom. The van der Waals surface area contributed by atoms with E-state index in [4.69, 9.17) is 16.0 Å². The van der Waals surface area contributed by atoms with Crippen molar-refractivity contribution in [3.63, 3.8) is 0 Å². The first-order chi connectivity index (χ1) is 18.0. The summed E-state index contributed by atoms with van der Waals surface area (Å²) in [5, 5.41) is 13.4. The van der Waals surface area contributed by atoms with Crippen LogP contribution in [0.3, 0.4) is 0 Å². The fraction of sp³-hybridized carbons (Fsp3) is 0.222. The molecule has 0 spiro atoms. The molecule has 0 atom stereocenters. The monoisotopic (exact) mass is 534 g/mol. The molecular formula is C27H23ClN4O4S. The van der Waals surface area contributed by atoms with E-state index in [-0.39, 0.29) is 23.5 Å². The van der Waals surface area contributed by atoms with Crippen LogP contribution in [-0.2, 0) is 11.2 Å². The Morgan fingerprint density at radius 1 is 0.919 bits per heavy atom. The van der Waals surface area contributed by atoms with E-state index in [1.807, 2.05) is 24.3 Å². The molecule has 37 heavy (non-hydrogen) atoms. The highest BCUT2D eigenvalue weighted by molar-refractivity contribution is 7.99. The number of halogens is 1. The molecule has 5 rings (SSSR count). The van der Waals surface area contributed by atoms with Crippen LogP contribution in [0.5, 0.6) is 0 Å². The second-order valence-corrected chi connectivity index (χ2v) is 9.95. The van der Waals surface area contributed by atoms with Crippen LogP contribution in [0.2, 0.25) is 5.02 Å². The lowest BCUT2D eigenvalue weighted by molar-refractivity contribution is -0.113. The molecule has 0 fully saturated rings. The SMILES string of the molecule is O=C(CSc1nnc(CCCCCN2C(=O)c3cccc4cccc(c34)C2=O)o1)Nc1ccc(Cl)cc1. The van der Waals surface area contributed by atoms with Gasteiger partial charge < -0.3 is 9.73 Å². The van der Waals surface area contributed by atoms with E-state index in [1.165, 1.54) is 16.7 Å². The Hall–Kier alpha value is -3.69. The Kier molecular flexibility index (Phi) is 7.52. The minimum absolute atomic E-state index is 0.138. The minimum Gasteiger partial charge on any atom is -0.416 e. The summed E-state index contributed by atoms with van der Waals surface area (Å²) in [7, 11) is 0. The molecule has 1 aliphatic rings. The molecule has 1 N–H and O–H groups in total. The number of thioether (sulfide) groups is 1. The molecule has 10 heteroatoms. The molecule has 188 valence electrons. The van der Waals surface area contributed by atoms with Gasteiger partial charge in [-0.3, -0.25) is 19.3 Å². The van der Waals surface area contributed by atoms with Crippen LogP contribution in [0.4, 0.5) is 5.69 Å². The van der Waals surface area contributed by atoms with Crippen LogP contribution >= 0.6 is 23.4 Å². The highest BCUT2D eigenvalue weighted by atomic mass is 35.5. The quantitative estimate of drug-likeness (QED) is 0.160. The van der Waals surface area contributed by atoms with Crippen molar-refractivity contribution in [3.8, 4) is 0 Å².